The average Bonchev–Trinajstić information content (AvgIpc) is 2.27. The highest BCUT2D eigenvalue weighted by atomic mass is 16.2. The smallest absolute Gasteiger partial charge is 0.205 e. The van der Waals surface area contributed by atoms with Gasteiger partial charge in [-0.25, -0.2) is 0 Å². The number of Topliss-reactive ketones (excluding diaryl/α,β-unsaturated/α-hetero) is 1. The van der Waals surface area contributed by atoms with E-state index in [4.69, 9.17) is 5.11 Å². The number of rotatable bonds is 7. The Balaban J connectivity index is 3.89. The highest BCUT2D eigenvalue weighted by Gasteiger charge is 1.97. The van der Waals surface area contributed by atoms with Gasteiger partial charge in [-0.1, -0.05) is 29.2 Å². The van der Waals surface area contributed by atoms with E-state index in [9.17, 15) is 4.79 Å². The molecule has 0 unspecified atom stereocenters. The van der Waals surface area contributed by atoms with Crippen LogP contribution in [0.1, 0.15) is 46.5 Å². The van der Waals surface area contributed by atoms with Crippen LogP contribution in [0.25, 0.3) is 0 Å². The highest BCUT2D eigenvalue weighted by Crippen LogP contribution is 2.10. The molecule has 0 aliphatic heterocycles. The zero-order valence-electron chi connectivity index (χ0n) is 11.0. The fourth-order valence-corrected chi connectivity index (χ4v) is 1.42. The molecular weight excluding hydrogens is 212 g/mol. The third-order valence-corrected chi connectivity index (χ3v) is 2.48. The van der Waals surface area contributed by atoms with Crippen LogP contribution < -0.4 is 0 Å². The van der Waals surface area contributed by atoms with Crippen molar-refractivity contribution in [3.8, 4) is 11.8 Å². The number of aliphatic hydroxyl groups excluding tert-OH is 1. The van der Waals surface area contributed by atoms with Crippen molar-refractivity contribution < 1.29 is 9.90 Å². The first-order valence-electron chi connectivity index (χ1n) is 5.97. The van der Waals surface area contributed by atoms with Crippen molar-refractivity contribution in [1.29, 1.82) is 0 Å². The van der Waals surface area contributed by atoms with Crippen LogP contribution in [-0.4, -0.2) is 17.5 Å². The zero-order valence-corrected chi connectivity index (χ0v) is 11.0. The summed E-state index contributed by atoms with van der Waals surface area (Å²) in [4.78, 5) is 11.2. The quantitative estimate of drug-likeness (QED) is 0.417. The van der Waals surface area contributed by atoms with Gasteiger partial charge in [0.1, 0.15) is 0 Å². The summed E-state index contributed by atoms with van der Waals surface area (Å²) in [7, 11) is 0. The van der Waals surface area contributed by atoms with Gasteiger partial charge in [-0.3, -0.25) is 4.79 Å². The lowest BCUT2D eigenvalue weighted by molar-refractivity contribution is -0.113. The lowest BCUT2D eigenvalue weighted by atomic mass is 10.1. The molecule has 0 saturated carbocycles. The second-order valence-corrected chi connectivity index (χ2v) is 4.12. The van der Waals surface area contributed by atoms with Crippen molar-refractivity contribution in [2.24, 2.45) is 0 Å². The zero-order chi connectivity index (χ0) is 13.1. The van der Waals surface area contributed by atoms with Crippen molar-refractivity contribution in [1.82, 2.24) is 0 Å². The summed E-state index contributed by atoms with van der Waals surface area (Å²) in [5.41, 5.74) is 2.43. The van der Waals surface area contributed by atoms with Gasteiger partial charge in [-0.05, 0) is 46.0 Å². The predicted molar refractivity (Wildman–Crippen MR) is 71.5 cm³/mol. The van der Waals surface area contributed by atoms with E-state index in [1.807, 2.05) is 19.9 Å². The molecular formula is C15H22O2. The van der Waals surface area contributed by atoms with Crippen LogP contribution in [0, 0.1) is 11.8 Å². The van der Waals surface area contributed by atoms with Gasteiger partial charge >= 0.3 is 0 Å². The van der Waals surface area contributed by atoms with Gasteiger partial charge in [-0.15, -0.1) is 0 Å². The van der Waals surface area contributed by atoms with Gasteiger partial charge < -0.3 is 5.11 Å². The van der Waals surface area contributed by atoms with Crippen molar-refractivity contribution in [2.45, 2.75) is 46.5 Å². The highest BCUT2D eigenvalue weighted by molar-refractivity contribution is 5.95. The Hall–Kier alpha value is -1.33. The Morgan fingerprint density at radius 3 is 2.35 bits per heavy atom. The monoisotopic (exact) mass is 234 g/mol. The van der Waals surface area contributed by atoms with E-state index in [1.54, 1.807) is 6.92 Å². The minimum atomic E-state index is 0.0107. The maximum Gasteiger partial charge on any atom is 0.205 e. The largest absolute Gasteiger partial charge is 0.392 e. The standard InChI is InChI=1S/C15H22O2/c1-4-6-15(17)10-9-13(2)7-5-8-14(3)11-12-16/h7,11,16H,5,8-10,12H2,1-3H3/b13-7+,14-11+. The Kier molecular flexibility index (Phi) is 9.09. The Labute approximate surface area is 104 Å². The maximum atomic E-state index is 11.2. The van der Waals surface area contributed by atoms with E-state index < -0.39 is 0 Å². The van der Waals surface area contributed by atoms with E-state index in [-0.39, 0.29) is 12.4 Å². The van der Waals surface area contributed by atoms with Crippen molar-refractivity contribution in [3.63, 3.8) is 0 Å². The average molecular weight is 234 g/mol. The van der Waals surface area contributed by atoms with Gasteiger partial charge in [0.2, 0.25) is 5.78 Å². The number of carbonyl (C=O) groups excluding carboxylic acids is 1. The summed E-state index contributed by atoms with van der Waals surface area (Å²) in [5, 5.41) is 8.70. The summed E-state index contributed by atoms with van der Waals surface area (Å²) >= 11 is 0. The molecule has 0 aromatic heterocycles. The van der Waals surface area contributed by atoms with Crippen LogP contribution in [0.3, 0.4) is 0 Å². The predicted octanol–water partition coefficient (Wildman–Crippen LogP) is 3.02. The van der Waals surface area contributed by atoms with Crippen molar-refractivity contribution in [3.05, 3.63) is 23.3 Å². The van der Waals surface area contributed by atoms with Crippen LogP contribution in [0.5, 0.6) is 0 Å². The molecule has 0 aliphatic carbocycles. The molecule has 0 rings (SSSR count). The molecule has 2 nitrogen and oxygen atoms in total. The molecule has 0 amide bonds. The normalized spacial score (nSPS) is 12.0. The van der Waals surface area contributed by atoms with E-state index in [0.717, 1.165) is 19.3 Å². The second-order valence-electron chi connectivity index (χ2n) is 4.12. The molecule has 2 heteroatoms. The van der Waals surface area contributed by atoms with Gasteiger partial charge in [0, 0.05) is 6.42 Å². The number of hydrogen-bond donors (Lipinski definition) is 1. The van der Waals surface area contributed by atoms with Crippen molar-refractivity contribution in [2.75, 3.05) is 6.61 Å². The Bertz CT molecular complexity index is 351. The SMILES string of the molecule is CC#CC(=O)CC/C(C)=C/CC/C(C)=C/CO. The summed E-state index contributed by atoms with van der Waals surface area (Å²) in [5.74, 6) is 5.16. The Morgan fingerprint density at radius 1 is 1.12 bits per heavy atom. The van der Waals surface area contributed by atoms with E-state index in [0.29, 0.717) is 6.42 Å². The van der Waals surface area contributed by atoms with Gasteiger partial charge in [0.25, 0.3) is 0 Å². The minimum absolute atomic E-state index is 0.0107. The number of aliphatic hydroxyl groups is 1. The summed E-state index contributed by atoms with van der Waals surface area (Å²) < 4.78 is 0. The molecule has 0 fully saturated rings. The van der Waals surface area contributed by atoms with Crippen LogP contribution in [0.4, 0.5) is 0 Å². The summed E-state index contributed by atoms with van der Waals surface area (Å²) in [6.45, 7) is 5.84. The first-order chi connectivity index (χ1) is 8.10. The summed E-state index contributed by atoms with van der Waals surface area (Å²) in [6.07, 6.45) is 7.19. The molecule has 0 atom stereocenters. The Morgan fingerprint density at radius 2 is 1.76 bits per heavy atom. The lowest BCUT2D eigenvalue weighted by Gasteiger charge is -2.00. The van der Waals surface area contributed by atoms with E-state index in [2.05, 4.69) is 17.9 Å². The molecule has 0 saturated heterocycles. The molecule has 0 bridgehead atoms. The first-order valence-corrected chi connectivity index (χ1v) is 5.97. The van der Waals surface area contributed by atoms with Crippen LogP contribution >= 0.6 is 0 Å². The number of carbonyl (C=O) groups is 1. The van der Waals surface area contributed by atoms with Crippen LogP contribution in [-0.2, 0) is 4.79 Å². The molecule has 1 N–H and O–H groups in total. The molecule has 0 heterocycles. The minimum Gasteiger partial charge on any atom is -0.392 e. The third kappa shape index (κ3) is 9.59. The van der Waals surface area contributed by atoms with Crippen LogP contribution in [0.2, 0.25) is 0 Å². The molecule has 94 valence electrons. The molecule has 0 spiro atoms. The summed E-state index contributed by atoms with van der Waals surface area (Å²) in [6, 6.07) is 0. The van der Waals surface area contributed by atoms with Gasteiger partial charge in [-0.2, -0.15) is 0 Å². The van der Waals surface area contributed by atoms with Crippen LogP contribution in [0.15, 0.2) is 23.3 Å². The second kappa shape index (κ2) is 9.86. The van der Waals surface area contributed by atoms with Gasteiger partial charge in [0.05, 0.1) is 6.61 Å². The van der Waals surface area contributed by atoms with E-state index >= 15 is 0 Å². The molecule has 0 aliphatic rings. The van der Waals surface area contributed by atoms with Gasteiger partial charge in [0.15, 0.2) is 0 Å². The first kappa shape index (κ1) is 15.7. The molecule has 0 radical (unpaired) electrons. The fourth-order valence-electron chi connectivity index (χ4n) is 1.42. The fraction of sp³-hybridized carbons (Fsp3) is 0.533. The maximum absolute atomic E-state index is 11.2. The topological polar surface area (TPSA) is 37.3 Å². The van der Waals surface area contributed by atoms with E-state index in [1.165, 1.54) is 11.1 Å². The number of allylic oxidation sites excluding steroid dienone is 3. The lowest BCUT2D eigenvalue weighted by Crippen LogP contribution is -1.93. The number of hydrogen-bond acceptors (Lipinski definition) is 2. The third-order valence-electron chi connectivity index (χ3n) is 2.48. The van der Waals surface area contributed by atoms with Crippen molar-refractivity contribution >= 4 is 5.78 Å². The molecule has 0 aromatic rings. The molecule has 17 heavy (non-hydrogen) atoms. The number of ketones is 1. The molecule has 0 aromatic carbocycles.